The summed E-state index contributed by atoms with van der Waals surface area (Å²) in [6.45, 7) is 2.07. The van der Waals surface area contributed by atoms with Crippen LogP contribution < -0.4 is 5.43 Å². The Kier molecular flexibility index (Phi) is 3.79. The predicted octanol–water partition coefficient (Wildman–Crippen LogP) is 2.64. The maximum absolute atomic E-state index is 12.0. The van der Waals surface area contributed by atoms with Gasteiger partial charge in [0.25, 0.3) is 5.91 Å². The second-order valence-corrected chi connectivity index (χ2v) is 5.39. The number of thiophene rings is 1. The van der Waals surface area contributed by atoms with E-state index < -0.39 is 0 Å². The second-order valence-electron chi connectivity index (χ2n) is 4.61. The lowest BCUT2D eigenvalue weighted by Crippen LogP contribution is -2.23. The van der Waals surface area contributed by atoms with Gasteiger partial charge in [-0.15, -0.1) is 0 Å². The number of para-hydroxylation sites is 2. The van der Waals surface area contributed by atoms with Crippen molar-refractivity contribution in [2.45, 2.75) is 13.5 Å². The summed E-state index contributed by atoms with van der Waals surface area (Å²) in [6, 6.07) is 9.68. The summed E-state index contributed by atoms with van der Waals surface area (Å²) in [4.78, 5) is 16.2. The molecule has 1 N–H and O–H groups in total. The fraction of sp³-hybridized carbons (Fsp3) is 0.133. The zero-order valence-electron chi connectivity index (χ0n) is 11.5. The molecule has 1 aromatic carbocycles. The molecule has 3 aromatic rings. The molecular weight excluding hydrogens is 284 g/mol. The van der Waals surface area contributed by atoms with E-state index in [0.29, 0.717) is 0 Å². The Labute approximate surface area is 125 Å². The molecule has 0 saturated heterocycles. The molecule has 1 amide bonds. The zero-order valence-corrected chi connectivity index (χ0v) is 12.3. The number of amides is 1. The molecule has 0 bridgehead atoms. The summed E-state index contributed by atoms with van der Waals surface area (Å²) < 4.78 is 1.81. The van der Waals surface area contributed by atoms with Gasteiger partial charge in [-0.05, 0) is 35.9 Å². The third kappa shape index (κ3) is 3.00. The van der Waals surface area contributed by atoms with Gasteiger partial charge in [-0.25, -0.2) is 10.4 Å². The first-order chi connectivity index (χ1) is 10.2. The largest absolute Gasteiger partial charge is 0.321 e. The van der Waals surface area contributed by atoms with Gasteiger partial charge >= 0.3 is 0 Å². The number of hydrogen-bond donors (Lipinski definition) is 1. The minimum absolute atomic E-state index is 0.173. The smallest absolute Gasteiger partial charge is 0.260 e. The molecule has 21 heavy (non-hydrogen) atoms. The highest BCUT2D eigenvalue weighted by atomic mass is 32.1. The van der Waals surface area contributed by atoms with Crippen LogP contribution in [0.3, 0.4) is 0 Å². The van der Waals surface area contributed by atoms with E-state index in [0.717, 1.165) is 22.3 Å². The van der Waals surface area contributed by atoms with Crippen LogP contribution in [-0.2, 0) is 11.3 Å². The number of aromatic nitrogens is 2. The van der Waals surface area contributed by atoms with Crippen molar-refractivity contribution in [2.24, 2.45) is 5.10 Å². The fourth-order valence-corrected chi connectivity index (χ4v) is 2.71. The molecule has 0 saturated carbocycles. The molecule has 0 unspecified atom stereocenters. The number of rotatable bonds is 4. The fourth-order valence-electron chi connectivity index (χ4n) is 2.01. The van der Waals surface area contributed by atoms with Crippen LogP contribution in [0.2, 0.25) is 0 Å². The monoisotopic (exact) mass is 298 g/mol. The third-order valence-electron chi connectivity index (χ3n) is 3.13. The number of carbonyl (C=O) groups is 1. The number of carbonyl (C=O) groups excluding carboxylic acids is 1. The van der Waals surface area contributed by atoms with Crippen LogP contribution in [0.5, 0.6) is 0 Å². The lowest BCUT2D eigenvalue weighted by atomic mass is 10.2. The minimum Gasteiger partial charge on any atom is -0.321 e. The Morgan fingerprint density at radius 3 is 3.05 bits per heavy atom. The number of nitrogens with zero attached hydrogens (tertiary/aromatic N) is 3. The molecule has 0 spiro atoms. The molecule has 0 atom stereocenters. The Balaban J connectivity index is 1.68. The van der Waals surface area contributed by atoms with E-state index in [1.54, 1.807) is 22.2 Å². The summed E-state index contributed by atoms with van der Waals surface area (Å²) in [5, 5.41) is 8.09. The van der Waals surface area contributed by atoms with E-state index in [4.69, 9.17) is 0 Å². The molecule has 2 aromatic heterocycles. The van der Waals surface area contributed by atoms with Crippen molar-refractivity contribution in [3.8, 4) is 0 Å². The Morgan fingerprint density at radius 1 is 1.38 bits per heavy atom. The van der Waals surface area contributed by atoms with Crippen molar-refractivity contribution < 1.29 is 4.79 Å². The average molecular weight is 298 g/mol. The van der Waals surface area contributed by atoms with Crippen molar-refractivity contribution in [2.75, 3.05) is 0 Å². The van der Waals surface area contributed by atoms with Crippen molar-refractivity contribution in [1.29, 1.82) is 0 Å². The summed E-state index contributed by atoms with van der Waals surface area (Å²) in [6.07, 6.45) is 1.67. The number of hydrazone groups is 1. The highest BCUT2D eigenvalue weighted by molar-refractivity contribution is 7.08. The van der Waals surface area contributed by atoms with Gasteiger partial charge in [0.15, 0.2) is 0 Å². The van der Waals surface area contributed by atoms with Gasteiger partial charge in [0, 0.05) is 5.56 Å². The van der Waals surface area contributed by atoms with Crippen LogP contribution in [0.1, 0.15) is 12.5 Å². The number of imidazole rings is 1. The van der Waals surface area contributed by atoms with Crippen molar-refractivity contribution in [3.05, 3.63) is 53.0 Å². The lowest BCUT2D eigenvalue weighted by Gasteiger charge is -2.04. The van der Waals surface area contributed by atoms with Crippen molar-refractivity contribution in [3.63, 3.8) is 0 Å². The number of nitrogens with one attached hydrogen (secondary N) is 1. The summed E-state index contributed by atoms with van der Waals surface area (Å²) in [5.74, 6) is -0.173. The highest BCUT2D eigenvalue weighted by Gasteiger charge is 2.06. The van der Waals surface area contributed by atoms with Crippen LogP contribution in [0, 0.1) is 0 Å². The van der Waals surface area contributed by atoms with E-state index in [1.165, 1.54) is 0 Å². The molecule has 0 aliphatic carbocycles. The number of hydrogen-bond acceptors (Lipinski definition) is 4. The second kappa shape index (κ2) is 5.88. The lowest BCUT2D eigenvalue weighted by molar-refractivity contribution is -0.121. The van der Waals surface area contributed by atoms with Crippen LogP contribution in [0.15, 0.2) is 52.5 Å². The summed E-state index contributed by atoms with van der Waals surface area (Å²) in [7, 11) is 0. The van der Waals surface area contributed by atoms with Gasteiger partial charge in [0.2, 0.25) is 0 Å². The average Bonchev–Trinajstić information content (AvgIpc) is 3.15. The van der Waals surface area contributed by atoms with Gasteiger partial charge in [-0.3, -0.25) is 4.79 Å². The first-order valence-electron chi connectivity index (χ1n) is 6.49. The maximum atomic E-state index is 12.0. The molecular formula is C15H14N4OS. The van der Waals surface area contributed by atoms with Crippen LogP contribution in [0.25, 0.3) is 11.0 Å². The first kappa shape index (κ1) is 13.5. The van der Waals surface area contributed by atoms with Gasteiger partial charge in [0.05, 0.1) is 23.1 Å². The molecule has 2 heterocycles. The van der Waals surface area contributed by atoms with Gasteiger partial charge in [-0.1, -0.05) is 12.1 Å². The van der Waals surface area contributed by atoms with Crippen LogP contribution >= 0.6 is 11.3 Å². The minimum atomic E-state index is -0.173. The molecule has 106 valence electrons. The molecule has 6 heteroatoms. The standard InChI is InChI=1S/C15H14N4OS/c1-11(12-6-7-21-9-12)17-18-15(20)8-19-10-16-13-4-2-3-5-14(13)19/h2-7,9-10H,8H2,1H3,(H,18,20)/b17-11+. The Hall–Kier alpha value is -2.47. The van der Waals surface area contributed by atoms with Crippen LogP contribution in [-0.4, -0.2) is 21.2 Å². The van der Waals surface area contributed by atoms with Gasteiger partial charge in [-0.2, -0.15) is 16.4 Å². The predicted molar refractivity (Wildman–Crippen MR) is 84.4 cm³/mol. The molecule has 3 rings (SSSR count). The molecule has 5 nitrogen and oxygen atoms in total. The Morgan fingerprint density at radius 2 is 2.24 bits per heavy atom. The Bertz CT molecular complexity index is 789. The topological polar surface area (TPSA) is 59.3 Å². The van der Waals surface area contributed by atoms with E-state index in [-0.39, 0.29) is 12.5 Å². The van der Waals surface area contributed by atoms with Crippen LogP contribution in [0.4, 0.5) is 0 Å². The van der Waals surface area contributed by atoms with E-state index >= 15 is 0 Å². The summed E-state index contributed by atoms with van der Waals surface area (Å²) >= 11 is 1.60. The van der Waals surface area contributed by atoms with E-state index in [9.17, 15) is 4.79 Å². The SMILES string of the molecule is C/C(=N\NC(=O)Cn1cnc2ccccc21)c1ccsc1. The molecule has 0 radical (unpaired) electrons. The van der Waals surface area contributed by atoms with Crippen molar-refractivity contribution >= 4 is 34.0 Å². The van der Waals surface area contributed by atoms with Gasteiger partial charge in [0.1, 0.15) is 6.54 Å². The molecule has 0 aliphatic heterocycles. The molecule has 0 fully saturated rings. The zero-order chi connectivity index (χ0) is 14.7. The van der Waals surface area contributed by atoms with Gasteiger partial charge < -0.3 is 4.57 Å². The molecule has 0 aliphatic rings. The normalized spacial score (nSPS) is 11.8. The first-order valence-corrected chi connectivity index (χ1v) is 7.44. The summed E-state index contributed by atoms with van der Waals surface area (Å²) in [5.41, 5.74) is 6.21. The number of fused-ring (bicyclic) bond motifs is 1. The van der Waals surface area contributed by atoms with E-state index in [2.05, 4.69) is 15.5 Å². The highest BCUT2D eigenvalue weighted by Crippen LogP contribution is 2.11. The maximum Gasteiger partial charge on any atom is 0.260 e. The van der Waals surface area contributed by atoms with Crippen molar-refractivity contribution in [1.82, 2.24) is 15.0 Å². The quantitative estimate of drug-likeness (QED) is 0.594. The number of benzene rings is 1. The third-order valence-corrected chi connectivity index (χ3v) is 3.81. The van der Waals surface area contributed by atoms with E-state index in [1.807, 2.05) is 48.0 Å².